The molecule has 2 aromatic rings. The van der Waals surface area contributed by atoms with Gasteiger partial charge in [0.2, 0.25) is 0 Å². The van der Waals surface area contributed by atoms with Gasteiger partial charge in [0, 0.05) is 19.2 Å². The van der Waals surface area contributed by atoms with Gasteiger partial charge in [0.1, 0.15) is 12.6 Å². The summed E-state index contributed by atoms with van der Waals surface area (Å²) in [6, 6.07) is 19.4. The molecule has 6 nitrogen and oxygen atoms in total. The average molecular weight is 394 g/mol. The van der Waals surface area contributed by atoms with Crippen LogP contribution in [0.25, 0.3) is 0 Å². The lowest BCUT2D eigenvalue weighted by Crippen LogP contribution is -2.53. The molecule has 3 aliphatic heterocycles. The van der Waals surface area contributed by atoms with Crippen molar-refractivity contribution < 1.29 is 14.4 Å². The second-order valence-electron chi connectivity index (χ2n) is 7.65. The summed E-state index contributed by atoms with van der Waals surface area (Å²) < 4.78 is 5.29. The molecule has 0 unspecified atom stereocenters. The highest BCUT2D eigenvalue weighted by molar-refractivity contribution is 7.58. The topological polar surface area (TPSA) is 58.8 Å². The van der Waals surface area contributed by atoms with Gasteiger partial charge in [0.15, 0.2) is 19.9 Å². The second kappa shape index (κ2) is 6.31. The van der Waals surface area contributed by atoms with E-state index in [0.29, 0.717) is 13.1 Å². The van der Waals surface area contributed by atoms with Crippen LogP contribution in [0.1, 0.15) is 23.2 Å². The van der Waals surface area contributed by atoms with E-state index in [2.05, 4.69) is 0 Å². The highest BCUT2D eigenvalue weighted by atomic mass is 31.2. The van der Waals surface area contributed by atoms with Gasteiger partial charge >= 0.3 is 5.84 Å². The minimum absolute atomic E-state index is 0.218. The number of nitrogens with zero attached hydrogens (tertiary/aromatic N) is 4. The average Bonchev–Trinajstić information content (AvgIpc) is 3.22. The lowest BCUT2D eigenvalue weighted by atomic mass is 10.1. The van der Waals surface area contributed by atoms with Gasteiger partial charge in [-0.2, -0.15) is 4.67 Å². The van der Waals surface area contributed by atoms with E-state index in [9.17, 15) is 9.79 Å². The molecule has 0 saturated carbocycles. The van der Waals surface area contributed by atoms with Crippen molar-refractivity contribution in [2.24, 2.45) is 0 Å². The van der Waals surface area contributed by atoms with E-state index in [1.54, 1.807) is 9.34 Å². The van der Waals surface area contributed by atoms with Crippen LogP contribution < -0.4 is 9.79 Å². The maximum atomic E-state index is 13.9. The van der Waals surface area contributed by atoms with E-state index >= 15 is 0 Å². The molecular weight excluding hydrogens is 371 g/mol. The van der Waals surface area contributed by atoms with Crippen LogP contribution in [0.5, 0.6) is 0 Å². The van der Waals surface area contributed by atoms with Crippen LogP contribution in [0, 0.1) is 0 Å². The third-order valence-corrected chi connectivity index (χ3v) is 7.96. The first kappa shape index (κ1) is 17.7. The minimum Gasteiger partial charge on any atom is -0.631 e. The molecule has 0 radical (unpaired) electrons. The lowest BCUT2D eigenvalue weighted by molar-refractivity contribution is -0.490. The number of benzene rings is 2. The monoisotopic (exact) mass is 394 g/mol. The van der Waals surface area contributed by atoms with Gasteiger partial charge in [0.25, 0.3) is 0 Å². The molecule has 0 bridgehead atoms. The van der Waals surface area contributed by atoms with Crippen molar-refractivity contribution >= 4 is 13.9 Å². The van der Waals surface area contributed by atoms with E-state index in [4.69, 9.17) is 0 Å². The van der Waals surface area contributed by atoms with Crippen molar-refractivity contribution in [2.75, 3.05) is 27.2 Å². The summed E-state index contributed by atoms with van der Waals surface area (Å²) in [5.74, 6) is 1.50. The molecule has 2 atom stereocenters. The maximum absolute atomic E-state index is 13.9. The van der Waals surface area contributed by atoms with Crippen molar-refractivity contribution in [3.63, 3.8) is 0 Å². The Labute approximate surface area is 165 Å². The van der Waals surface area contributed by atoms with Gasteiger partial charge in [-0.25, -0.2) is 0 Å². The molecule has 0 spiro atoms. The van der Waals surface area contributed by atoms with Gasteiger partial charge in [-0.3, -0.25) is 4.58 Å². The molecule has 5 rings (SSSR count). The van der Waals surface area contributed by atoms with Crippen LogP contribution in [0.4, 0.5) is 0 Å². The van der Waals surface area contributed by atoms with E-state index in [-0.39, 0.29) is 12.1 Å². The Hall–Kier alpha value is -2.40. The molecule has 2 aromatic carbocycles. The van der Waals surface area contributed by atoms with E-state index < -0.39 is 8.02 Å². The molecule has 1 fully saturated rings. The first-order chi connectivity index (χ1) is 13.5. The first-order valence-electron chi connectivity index (χ1n) is 9.50. The highest BCUT2D eigenvalue weighted by Gasteiger charge is 2.59. The van der Waals surface area contributed by atoms with Crippen molar-refractivity contribution in [3.05, 3.63) is 83.7 Å². The van der Waals surface area contributed by atoms with Crippen molar-refractivity contribution in [3.8, 4) is 0 Å². The standard InChI is InChI=1S/C21H23N4O2P/c1-22-14-18(16-9-5-3-6-10-16)24-20(22)13-21-23(2)15-19(25(21)28(24,26)27)17-11-7-4-8-12-17/h3-13,18-19H,14-15H2,1-2H3/t18-,19-/m1/s1. The second-order valence-corrected chi connectivity index (χ2v) is 9.50. The molecule has 1 saturated heterocycles. The molecule has 0 aromatic heterocycles. The van der Waals surface area contributed by atoms with E-state index in [1.807, 2.05) is 90.3 Å². The number of amidine groups is 1. The molecular formula is C21H23N4O2P. The van der Waals surface area contributed by atoms with Crippen molar-refractivity contribution in [1.82, 2.24) is 14.2 Å². The first-order valence-corrected chi connectivity index (χ1v) is 11.0. The highest BCUT2D eigenvalue weighted by Crippen LogP contribution is 2.64. The lowest BCUT2D eigenvalue weighted by Gasteiger charge is -2.49. The molecule has 0 N–H and O–H groups in total. The smallest absolute Gasteiger partial charge is 0.313 e. The summed E-state index contributed by atoms with van der Waals surface area (Å²) in [6.07, 6.45) is 2.01. The summed E-state index contributed by atoms with van der Waals surface area (Å²) in [7, 11) is -0.164. The van der Waals surface area contributed by atoms with Crippen LogP contribution in [-0.4, -0.2) is 51.8 Å². The van der Waals surface area contributed by atoms with E-state index in [1.165, 1.54) is 0 Å². The van der Waals surface area contributed by atoms with Gasteiger partial charge in [-0.15, -0.1) is 0 Å². The van der Waals surface area contributed by atoms with Gasteiger partial charge in [-0.05, 0) is 5.56 Å². The zero-order chi connectivity index (χ0) is 19.5. The number of rotatable bonds is 2. The minimum atomic E-state index is -4.08. The Kier molecular flexibility index (Phi) is 3.98. The molecule has 7 heteroatoms. The Balaban J connectivity index is 1.63. The zero-order valence-electron chi connectivity index (χ0n) is 16.0. The quantitative estimate of drug-likeness (QED) is 0.568. The molecule has 144 valence electrons. The van der Waals surface area contributed by atoms with Gasteiger partial charge < -0.3 is 14.7 Å². The van der Waals surface area contributed by atoms with E-state index in [0.717, 1.165) is 22.8 Å². The Morgan fingerprint density at radius 2 is 1.46 bits per heavy atom. The number of likely N-dealkylation sites (N-methyl/N-ethyl adjacent to an activating group) is 2. The van der Waals surface area contributed by atoms with Gasteiger partial charge in [-0.1, -0.05) is 65.3 Å². The molecule has 28 heavy (non-hydrogen) atoms. The Morgan fingerprint density at radius 1 is 0.893 bits per heavy atom. The number of hydrogen-bond acceptors (Lipinski definition) is 5. The van der Waals surface area contributed by atoms with Crippen LogP contribution in [0.3, 0.4) is 0 Å². The number of fused-ring (bicyclic) bond motifs is 2. The largest absolute Gasteiger partial charge is 0.631 e. The van der Waals surface area contributed by atoms with Crippen LogP contribution >= 0.6 is 8.02 Å². The summed E-state index contributed by atoms with van der Waals surface area (Å²) in [5, 5.41) is 0. The predicted molar refractivity (Wildman–Crippen MR) is 106 cm³/mol. The maximum Gasteiger partial charge on any atom is 0.313 e. The zero-order valence-corrected chi connectivity index (χ0v) is 16.9. The fourth-order valence-electron chi connectivity index (χ4n) is 4.56. The third-order valence-electron chi connectivity index (χ3n) is 5.91. The molecule has 3 aliphatic rings. The fourth-order valence-corrected chi connectivity index (χ4v) is 6.82. The summed E-state index contributed by atoms with van der Waals surface area (Å²) in [5.41, 5.74) is 2.03. The predicted octanol–water partition coefficient (Wildman–Crippen LogP) is 1.33. The number of hydrogen-bond donors (Lipinski definition) is 0. The summed E-state index contributed by atoms with van der Waals surface area (Å²) in [4.78, 5) is 29.8. The molecule has 0 aliphatic carbocycles. The van der Waals surface area contributed by atoms with Crippen molar-refractivity contribution in [2.45, 2.75) is 12.1 Å². The van der Waals surface area contributed by atoms with Crippen LogP contribution in [-0.2, 0) is 0 Å². The van der Waals surface area contributed by atoms with Crippen molar-refractivity contribution in [1.29, 1.82) is 0 Å². The Bertz CT molecular complexity index is 961. The SMILES string of the molecule is CN1C[C@H](c2ccccc2)N2C1=CC1=[N+](C)C[C@H](c3ccccc3)N1[P+]2([O-])[O-]. The van der Waals surface area contributed by atoms with Crippen LogP contribution in [0.15, 0.2) is 72.6 Å². The van der Waals surface area contributed by atoms with Crippen LogP contribution in [0.2, 0.25) is 0 Å². The summed E-state index contributed by atoms with van der Waals surface area (Å²) in [6.45, 7) is 1.28. The Morgan fingerprint density at radius 3 is 2.07 bits per heavy atom. The van der Waals surface area contributed by atoms with Gasteiger partial charge in [0.05, 0.1) is 13.1 Å². The molecule has 0 amide bonds. The summed E-state index contributed by atoms with van der Waals surface area (Å²) >= 11 is 0. The fraction of sp³-hybridized carbons (Fsp3) is 0.286. The third kappa shape index (κ3) is 2.49. The normalized spacial score (nSPS) is 25.7. The molecule has 3 heterocycles.